The third kappa shape index (κ3) is 5.31. The van der Waals surface area contributed by atoms with E-state index >= 15 is 0 Å². The van der Waals surface area contributed by atoms with E-state index in [2.05, 4.69) is 23.9 Å². The third-order valence-corrected chi connectivity index (χ3v) is 3.08. The van der Waals surface area contributed by atoms with Gasteiger partial charge in [0.15, 0.2) is 0 Å². The van der Waals surface area contributed by atoms with Gasteiger partial charge < -0.3 is 0 Å². The Morgan fingerprint density at radius 2 is 1.75 bits per heavy atom. The van der Waals surface area contributed by atoms with Crippen LogP contribution in [0.1, 0.15) is 32.1 Å². The number of hydrogen-bond donors (Lipinski definition) is 1. The van der Waals surface area contributed by atoms with Crippen molar-refractivity contribution in [2.24, 2.45) is 0 Å². The second-order valence-corrected chi connectivity index (χ2v) is 4.89. The molecule has 0 aromatic carbocycles. The summed E-state index contributed by atoms with van der Waals surface area (Å²) >= 11 is 0. The fraction of sp³-hybridized carbons (Fsp3) is 1.00. The maximum atomic E-state index is 3.57. The minimum atomic E-state index is 0. The molecular formula is C8H20ClN2P. The Bertz CT molecular complexity index is 105. The predicted octanol–water partition coefficient (Wildman–Crippen LogP) is 2.40. The summed E-state index contributed by atoms with van der Waals surface area (Å²) in [6, 6.07) is 0.810. The lowest BCUT2D eigenvalue weighted by molar-refractivity contribution is 0.418. The molecule has 74 valence electrons. The zero-order valence-corrected chi connectivity index (χ0v) is 9.78. The maximum Gasteiger partial charge on any atom is 0.0209 e. The van der Waals surface area contributed by atoms with Crippen LogP contribution in [0.2, 0.25) is 0 Å². The molecule has 1 N–H and O–H groups in total. The van der Waals surface area contributed by atoms with Crippen molar-refractivity contribution >= 4 is 21.3 Å². The normalized spacial score (nSPS) is 20.2. The molecule has 1 aliphatic rings. The summed E-state index contributed by atoms with van der Waals surface area (Å²) in [4.78, 5) is 0. The molecule has 0 radical (unpaired) electrons. The predicted molar refractivity (Wildman–Crippen MR) is 59.3 cm³/mol. The number of halogens is 1. The van der Waals surface area contributed by atoms with Crippen LogP contribution in [0, 0.1) is 0 Å². The second kappa shape index (κ2) is 7.08. The van der Waals surface area contributed by atoms with Gasteiger partial charge in [-0.05, 0) is 26.9 Å². The van der Waals surface area contributed by atoms with Crippen LogP contribution in [0.25, 0.3) is 0 Å². The molecular weight excluding hydrogens is 191 g/mol. The van der Waals surface area contributed by atoms with Gasteiger partial charge in [-0.15, -0.1) is 12.4 Å². The average molecular weight is 211 g/mol. The van der Waals surface area contributed by atoms with E-state index in [4.69, 9.17) is 0 Å². The molecule has 0 aliphatic heterocycles. The molecule has 2 nitrogen and oxygen atoms in total. The number of rotatable bonds is 3. The lowest BCUT2D eigenvalue weighted by Gasteiger charge is -2.24. The van der Waals surface area contributed by atoms with Crippen LogP contribution in [-0.2, 0) is 0 Å². The van der Waals surface area contributed by atoms with Crippen LogP contribution in [0.5, 0.6) is 0 Å². The van der Waals surface area contributed by atoms with E-state index in [-0.39, 0.29) is 12.4 Å². The zero-order chi connectivity index (χ0) is 8.10. The molecule has 1 saturated carbocycles. The summed E-state index contributed by atoms with van der Waals surface area (Å²) < 4.78 is 2.22. The molecule has 0 spiro atoms. The quantitative estimate of drug-likeness (QED) is 0.720. The molecule has 0 saturated heterocycles. The summed E-state index contributed by atoms with van der Waals surface area (Å²) in [5.74, 6) is 0. The summed E-state index contributed by atoms with van der Waals surface area (Å²) in [6.07, 6.45) is 7.08. The fourth-order valence-corrected chi connectivity index (χ4v) is 2.20. The second-order valence-electron chi connectivity index (χ2n) is 3.49. The molecule has 1 fully saturated rings. The van der Waals surface area contributed by atoms with E-state index in [0.717, 1.165) is 14.9 Å². The Hall–Kier alpha value is 0.640. The first kappa shape index (κ1) is 12.6. The van der Waals surface area contributed by atoms with Gasteiger partial charge in [0.25, 0.3) is 0 Å². The first-order valence-corrected chi connectivity index (χ1v) is 5.42. The Kier molecular flexibility index (Phi) is 7.46. The van der Waals surface area contributed by atoms with Crippen molar-refractivity contribution in [1.82, 2.24) is 9.76 Å². The van der Waals surface area contributed by atoms with Crippen LogP contribution in [0.4, 0.5) is 0 Å². The van der Waals surface area contributed by atoms with E-state index in [1.165, 1.54) is 32.1 Å². The third-order valence-electron chi connectivity index (χ3n) is 2.10. The van der Waals surface area contributed by atoms with Crippen LogP contribution in [-0.4, -0.2) is 24.8 Å². The van der Waals surface area contributed by atoms with Gasteiger partial charge in [-0.25, -0.2) is 0 Å². The van der Waals surface area contributed by atoms with Crippen molar-refractivity contribution in [2.75, 3.05) is 14.1 Å². The van der Waals surface area contributed by atoms with Gasteiger partial charge in [0.1, 0.15) is 0 Å². The zero-order valence-electron chi connectivity index (χ0n) is 7.97. The molecule has 4 heteroatoms. The Morgan fingerprint density at radius 1 is 1.17 bits per heavy atom. The highest BCUT2D eigenvalue weighted by molar-refractivity contribution is 7.32. The highest BCUT2D eigenvalue weighted by Gasteiger charge is 2.11. The molecule has 1 atom stereocenters. The van der Waals surface area contributed by atoms with Crippen molar-refractivity contribution < 1.29 is 0 Å². The van der Waals surface area contributed by atoms with Gasteiger partial charge in [-0.2, -0.15) is 0 Å². The molecule has 1 unspecified atom stereocenters. The highest BCUT2D eigenvalue weighted by Crippen LogP contribution is 2.21. The van der Waals surface area contributed by atoms with Gasteiger partial charge in [0.2, 0.25) is 0 Å². The highest BCUT2D eigenvalue weighted by atomic mass is 35.5. The van der Waals surface area contributed by atoms with E-state index in [9.17, 15) is 0 Å². The number of nitrogens with zero attached hydrogens (tertiary/aromatic N) is 1. The lowest BCUT2D eigenvalue weighted by atomic mass is 9.96. The molecule has 12 heavy (non-hydrogen) atoms. The molecule has 1 aliphatic carbocycles. The first-order chi connectivity index (χ1) is 5.29. The standard InChI is InChI=1S/C8H19N2P.ClH/c1-10(2)11-9-8-6-4-3-5-7-8;/h8-9,11H,3-7H2,1-2H3;1H. The molecule has 1 rings (SSSR count). The number of hydrogen-bond acceptors (Lipinski definition) is 2. The van der Waals surface area contributed by atoms with Crippen molar-refractivity contribution in [3.8, 4) is 0 Å². The van der Waals surface area contributed by atoms with Gasteiger partial charge >= 0.3 is 0 Å². The van der Waals surface area contributed by atoms with Gasteiger partial charge in [-0.1, -0.05) is 19.3 Å². The van der Waals surface area contributed by atoms with Crippen LogP contribution in [0.3, 0.4) is 0 Å². The number of nitrogens with one attached hydrogen (secondary N) is 1. The minimum Gasteiger partial charge on any atom is -0.283 e. The molecule has 0 amide bonds. The van der Waals surface area contributed by atoms with Crippen LogP contribution in [0.15, 0.2) is 0 Å². The molecule has 0 bridgehead atoms. The van der Waals surface area contributed by atoms with E-state index in [1.54, 1.807) is 0 Å². The van der Waals surface area contributed by atoms with E-state index in [1.807, 2.05) is 0 Å². The van der Waals surface area contributed by atoms with Gasteiger partial charge in [0, 0.05) is 14.9 Å². The Labute approximate surface area is 83.8 Å². The van der Waals surface area contributed by atoms with Crippen LogP contribution < -0.4 is 5.09 Å². The summed E-state index contributed by atoms with van der Waals surface area (Å²) in [5.41, 5.74) is 0. The smallest absolute Gasteiger partial charge is 0.0209 e. The topological polar surface area (TPSA) is 15.3 Å². The largest absolute Gasteiger partial charge is 0.283 e. The van der Waals surface area contributed by atoms with Gasteiger partial charge in [0.05, 0.1) is 0 Å². The Balaban J connectivity index is 0.00000121. The monoisotopic (exact) mass is 210 g/mol. The summed E-state index contributed by atoms with van der Waals surface area (Å²) in [7, 11) is 5.04. The van der Waals surface area contributed by atoms with Crippen LogP contribution >= 0.6 is 21.3 Å². The fourth-order valence-electron chi connectivity index (χ4n) is 1.47. The molecule has 0 aromatic heterocycles. The van der Waals surface area contributed by atoms with Crippen molar-refractivity contribution in [3.05, 3.63) is 0 Å². The van der Waals surface area contributed by atoms with Crippen molar-refractivity contribution in [3.63, 3.8) is 0 Å². The lowest BCUT2D eigenvalue weighted by Crippen LogP contribution is -2.26. The first-order valence-electron chi connectivity index (χ1n) is 4.47. The SMILES string of the molecule is CN(C)PNC1CCCCC1.Cl. The maximum absolute atomic E-state index is 3.57. The molecule has 0 heterocycles. The summed E-state index contributed by atoms with van der Waals surface area (Å²) in [6.45, 7) is 0. The average Bonchev–Trinajstić information content (AvgIpc) is 2.03. The van der Waals surface area contributed by atoms with E-state index < -0.39 is 0 Å². The van der Waals surface area contributed by atoms with Crippen molar-refractivity contribution in [1.29, 1.82) is 0 Å². The Morgan fingerprint density at radius 3 is 2.25 bits per heavy atom. The summed E-state index contributed by atoms with van der Waals surface area (Å²) in [5, 5.41) is 3.57. The minimum absolute atomic E-state index is 0. The van der Waals surface area contributed by atoms with E-state index in [0.29, 0.717) is 0 Å². The van der Waals surface area contributed by atoms with Crippen molar-refractivity contribution in [2.45, 2.75) is 38.1 Å². The van der Waals surface area contributed by atoms with Gasteiger partial charge in [-0.3, -0.25) is 9.76 Å². The molecule has 0 aromatic rings.